The SMILES string of the molecule is Cc1cc(C)c([N+](=O)[O-])c(N2CC3(CCC3)C2C2CCCO2)n1. The maximum absolute atomic E-state index is 11.6. The highest BCUT2D eigenvalue weighted by Gasteiger charge is 2.60. The van der Waals surface area contributed by atoms with Gasteiger partial charge in [-0.3, -0.25) is 10.1 Å². The smallest absolute Gasteiger partial charge is 0.314 e. The molecule has 6 heteroatoms. The van der Waals surface area contributed by atoms with Crippen LogP contribution in [0.4, 0.5) is 11.5 Å². The molecule has 23 heavy (non-hydrogen) atoms. The van der Waals surface area contributed by atoms with E-state index in [1.165, 1.54) is 19.3 Å². The van der Waals surface area contributed by atoms with Crippen molar-refractivity contribution >= 4 is 11.5 Å². The molecule has 1 aromatic rings. The molecule has 2 saturated heterocycles. The molecule has 3 heterocycles. The molecule has 3 fully saturated rings. The van der Waals surface area contributed by atoms with Gasteiger partial charge in [-0.05, 0) is 45.6 Å². The Morgan fingerprint density at radius 1 is 1.39 bits per heavy atom. The number of pyridine rings is 1. The predicted molar refractivity (Wildman–Crippen MR) is 86.8 cm³/mol. The molecule has 4 rings (SSSR count). The zero-order valence-corrected chi connectivity index (χ0v) is 13.7. The quantitative estimate of drug-likeness (QED) is 0.633. The van der Waals surface area contributed by atoms with Crippen molar-refractivity contribution in [3.8, 4) is 0 Å². The fourth-order valence-corrected chi connectivity index (χ4v) is 4.72. The van der Waals surface area contributed by atoms with Gasteiger partial charge in [-0.1, -0.05) is 6.42 Å². The lowest BCUT2D eigenvalue weighted by atomic mass is 9.56. The van der Waals surface area contributed by atoms with E-state index >= 15 is 0 Å². The third kappa shape index (κ3) is 2.15. The molecule has 2 atom stereocenters. The minimum Gasteiger partial charge on any atom is -0.376 e. The van der Waals surface area contributed by atoms with Gasteiger partial charge in [0.15, 0.2) is 0 Å². The number of hydrogen-bond acceptors (Lipinski definition) is 5. The van der Waals surface area contributed by atoms with Crippen LogP contribution in [-0.4, -0.2) is 35.2 Å². The molecule has 1 saturated carbocycles. The zero-order valence-electron chi connectivity index (χ0n) is 13.7. The molecule has 0 amide bonds. The Bertz CT molecular complexity index is 651. The molecule has 0 N–H and O–H groups in total. The fraction of sp³-hybridized carbons (Fsp3) is 0.706. The maximum atomic E-state index is 11.6. The summed E-state index contributed by atoms with van der Waals surface area (Å²) in [6, 6.07) is 2.05. The molecular formula is C17H23N3O3. The molecule has 124 valence electrons. The fourth-order valence-electron chi connectivity index (χ4n) is 4.72. The molecule has 1 aliphatic carbocycles. The Morgan fingerprint density at radius 3 is 2.74 bits per heavy atom. The van der Waals surface area contributed by atoms with Gasteiger partial charge in [0.05, 0.1) is 17.1 Å². The first-order valence-corrected chi connectivity index (χ1v) is 8.53. The van der Waals surface area contributed by atoms with Gasteiger partial charge in [-0.15, -0.1) is 0 Å². The maximum Gasteiger partial charge on any atom is 0.314 e. The second-order valence-electron chi connectivity index (χ2n) is 7.35. The van der Waals surface area contributed by atoms with E-state index in [9.17, 15) is 10.1 Å². The number of anilines is 1. The standard InChI is InChI=1S/C17H23N3O3/c1-11-9-12(2)18-16(14(11)20(21)22)19-10-17(6-4-7-17)15(19)13-5-3-8-23-13/h9,13,15H,3-8,10H2,1-2H3. The number of aryl methyl sites for hydroxylation is 2. The van der Waals surface area contributed by atoms with Crippen LogP contribution in [0.5, 0.6) is 0 Å². The molecule has 0 aromatic carbocycles. The normalized spacial score (nSPS) is 28.5. The largest absolute Gasteiger partial charge is 0.376 e. The Labute approximate surface area is 136 Å². The van der Waals surface area contributed by atoms with Crippen molar-refractivity contribution < 1.29 is 9.66 Å². The van der Waals surface area contributed by atoms with E-state index < -0.39 is 0 Å². The van der Waals surface area contributed by atoms with E-state index in [4.69, 9.17) is 4.74 Å². The van der Waals surface area contributed by atoms with Crippen LogP contribution in [-0.2, 0) is 4.74 Å². The van der Waals surface area contributed by atoms with Gasteiger partial charge in [-0.25, -0.2) is 4.98 Å². The average Bonchev–Trinajstić information content (AvgIpc) is 2.87. The number of aromatic nitrogens is 1. The Hall–Kier alpha value is -1.69. The molecule has 0 bridgehead atoms. The number of rotatable bonds is 3. The van der Waals surface area contributed by atoms with E-state index in [2.05, 4.69) is 9.88 Å². The van der Waals surface area contributed by atoms with Crippen molar-refractivity contribution in [3.05, 3.63) is 27.4 Å². The summed E-state index contributed by atoms with van der Waals surface area (Å²) < 4.78 is 5.96. The van der Waals surface area contributed by atoms with Crippen LogP contribution in [0.25, 0.3) is 0 Å². The van der Waals surface area contributed by atoms with Crippen molar-refractivity contribution in [2.24, 2.45) is 5.41 Å². The van der Waals surface area contributed by atoms with E-state index in [0.29, 0.717) is 16.8 Å². The minimum atomic E-state index is -0.282. The number of ether oxygens (including phenoxy) is 1. The van der Waals surface area contributed by atoms with Gasteiger partial charge in [-0.2, -0.15) is 0 Å². The van der Waals surface area contributed by atoms with Crippen molar-refractivity contribution in [2.45, 2.75) is 58.1 Å². The van der Waals surface area contributed by atoms with Crippen LogP contribution in [0, 0.1) is 29.4 Å². The van der Waals surface area contributed by atoms with Gasteiger partial charge in [0.2, 0.25) is 5.82 Å². The lowest BCUT2D eigenvalue weighted by Gasteiger charge is -2.64. The lowest BCUT2D eigenvalue weighted by Crippen LogP contribution is -2.72. The Kier molecular flexibility index (Phi) is 3.34. The van der Waals surface area contributed by atoms with Gasteiger partial charge in [0.1, 0.15) is 0 Å². The predicted octanol–water partition coefficient (Wildman–Crippen LogP) is 3.14. The summed E-state index contributed by atoms with van der Waals surface area (Å²) in [6.45, 7) is 5.40. The van der Waals surface area contributed by atoms with Gasteiger partial charge in [0, 0.05) is 29.8 Å². The van der Waals surface area contributed by atoms with Crippen molar-refractivity contribution in [1.82, 2.24) is 4.98 Å². The monoisotopic (exact) mass is 317 g/mol. The highest BCUT2D eigenvalue weighted by Crippen LogP contribution is 2.57. The van der Waals surface area contributed by atoms with Crippen LogP contribution in [0.2, 0.25) is 0 Å². The summed E-state index contributed by atoms with van der Waals surface area (Å²) >= 11 is 0. The number of nitro groups is 1. The molecule has 1 aromatic heterocycles. The van der Waals surface area contributed by atoms with Crippen LogP contribution in [0.15, 0.2) is 6.07 Å². The molecule has 0 radical (unpaired) electrons. The van der Waals surface area contributed by atoms with E-state index in [1.807, 2.05) is 6.92 Å². The van der Waals surface area contributed by atoms with Gasteiger partial charge in [0.25, 0.3) is 0 Å². The highest BCUT2D eigenvalue weighted by atomic mass is 16.6. The molecule has 3 aliphatic rings. The minimum absolute atomic E-state index is 0.160. The van der Waals surface area contributed by atoms with E-state index in [-0.39, 0.29) is 22.8 Å². The first-order valence-electron chi connectivity index (χ1n) is 8.53. The van der Waals surface area contributed by atoms with Crippen molar-refractivity contribution in [3.63, 3.8) is 0 Å². The first-order chi connectivity index (χ1) is 11.0. The molecule has 2 aliphatic heterocycles. The third-order valence-corrected chi connectivity index (χ3v) is 5.86. The topological polar surface area (TPSA) is 68.5 Å². The van der Waals surface area contributed by atoms with Crippen LogP contribution in [0.1, 0.15) is 43.4 Å². The molecule has 1 spiro atoms. The summed E-state index contributed by atoms with van der Waals surface area (Å²) in [5, 5.41) is 11.6. The van der Waals surface area contributed by atoms with Gasteiger partial charge < -0.3 is 9.64 Å². The van der Waals surface area contributed by atoms with E-state index in [1.54, 1.807) is 13.0 Å². The lowest BCUT2D eigenvalue weighted by molar-refractivity contribution is -0.385. The summed E-state index contributed by atoms with van der Waals surface area (Å²) in [4.78, 5) is 18.0. The summed E-state index contributed by atoms with van der Waals surface area (Å²) in [7, 11) is 0. The summed E-state index contributed by atoms with van der Waals surface area (Å²) in [6.07, 6.45) is 6.04. The van der Waals surface area contributed by atoms with Crippen molar-refractivity contribution in [2.75, 3.05) is 18.1 Å². The second-order valence-corrected chi connectivity index (χ2v) is 7.35. The van der Waals surface area contributed by atoms with Crippen molar-refractivity contribution in [1.29, 1.82) is 0 Å². The van der Waals surface area contributed by atoms with E-state index in [0.717, 1.165) is 31.7 Å². The first kappa shape index (κ1) is 14.9. The Balaban J connectivity index is 1.74. The molecule has 2 unspecified atom stereocenters. The Morgan fingerprint density at radius 2 is 2.17 bits per heavy atom. The molecule has 6 nitrogen and oxygen atoms in total. The van der Waals surface area contributed by atoms with Crippen LogP contribution in [0.3, 0.4) is 0 Å². The number of hydrogen-bond donors (Lipinski definition) is 0. The van der Waals surface area contributed by atoms with Crippen LogP contribution >= 0.6 is 0 Å². The number of nitrogens with zero attached hydrogens (tertiary/aromatic N) is 3. The summed E-state index contributed by atoms with van der Waals surface area (Å²) in [5.41, 5.74) is 2.00. The third-order valence-electron chi connectivity index (χ3n) is 5.86. The average molecular weight is 317 g/mol. The summed E-state index contributed by atoms with van der Waals surface area (Å²) in [5.74, 6) is 0.547. The highest BCUT2D eigenvalue weighted by molar-refractivity contribution is 5.65. The van der Waals surface area contributed by atoms with Gasteiger partial charge >= 0.3 is 5.69 Å². The molecular weight excluding hydrogens is 294 g/mol. The second kappa shape index (κ2) is 5.16. The zero-order chi connectivity index (χ0) is 16.2. The van der Waals surface area contributed by atoms with Crippen LogP contribution < -0.4 is 4.90 Å².